The predicted octanol–water partition coefficient (Wildman–Crippen LogP) is 2.62. The molecule has 110 valence electrons. The average Bonchev–Trinajstić information content (AvgIpc) is 2.42. The molecule has 0 unspecified atom stereocenters. The molecule has 4 nitrogen and oxygen atoms in total. The number of nitrogens with zero attached hydrogens (tertiary/aromatic N) is 1. The molecule has 20 heavy (non-hydrogen) atoms. The van der Waals surface area contributed by atoms with Gasteiger partial charge in [0.1, 0.15) is 0 Å². The molecule has 5 heteroatoms. The third-order valence-electron chi connectivity index (χ3n) is 3.44. The van der Waals surface area contributed by atoms with Gasteiger partial charge in [-0.2, -0.15) is 0 Å². The Morgan fingerprint density at radius 3 is 2.70 bits per heavy atom. The number of anilines is 1. The molecule has 2 rings (SSSR count). The number of hydrogen-bond acceptors (Lipinski definition) is 3. The maximum atomic E-state index is 12.0. The van der Waals surface area contributed by atoms with Crippen LogP contribution < -0.4 is 5.32 Å². The summed E-state index contributed by atoms with van der Waals surface area (Å²) in [7, 11) is 0. The standard InChI is InChI=1S/C15H21ClN2O2/c1-11-9-12(2)15(13(16)10-11)17-4-3-14(19)18-5-7-20-8-6-18/h9-10,17H,3-8H2,1-2H3. The average molecular weight is 297 g/mol. The number of benzene rings is 1. The van der Waals surface area contributed by atoms with E-state index in [4.69, 9.17) is 16.3 Å². The Morgan fingerprint density at radius 2 is 2.05 bits per heavy atom. The van der Waals surface area contributed by atoms with Crippen LogP contribution in [0.4, 0.5) is 5.69 Å². The molecule has 0 atom stereocenters. The second kappa shape index (κ2) is 6.95. The van der Waals surface area contributed by atoms with E-state index in [1.165, 1.54) is 0 Å². The van der Waals surface area contributed by atoms with Crippen LogP contribution in [0.2, 0.25) is 5.02 Å². The van der Waals surface area contributed by atoms with E-state index >= 15 is 0 Å². The molecule has 0 aromatic heterocycles. The second-order valence-electron chi connectivity index (χ2n) is 5.11. The van der Waals surface area contributed by atoms with E-state index in [2.05, 4.69) is 11.4 Å². The summed E-state index contributed by atoms with van der Waals surface area (Å²) in [6, 6.07) is 4.01. The molecule has 1 aliphatic rings. The number of aryl methyl sites for hydroxylation is 2. The lowest BCUT2D eigenvalue weighted by atomic mass is 10.1. The normalized spacial score (nSPS) is 15.2. The zero-order chi connectivity index (χ0) is 14.5. The van der Waals surface area contributed by atoms with E-state index < -0.39 is 0 Å². The number of rotatable bonds is 4. The number of halogens is 1. The van der Waals surface area contributed by atoms with Gasteiger partial charge in [-0.3, -0.25) is 4.79 Å². The first kappa shape index (κ1) is 15.1. The van der Waals surface area contributed by atoms with Gasteiger partial charge >= 0.3 is 0 Å². The number of morpholine rings is 1. The predicted molar refractivity (Wildman–Crippen MR) is 81.4 cm³/mol. The van der Waals surface area contributed by atoms with Gasteiger partial charge < -0.3 is 15.0 Å². The van der Waals surface area contributed by atoms with Crippen molar-refractivity contribution < 1.29 is 9.53 Å². The van der Waals surface area contributed by atoms with Crippen LogP contribution in [0.25, 0.3) is 0 Å². The third-order valence-corrected chi connectivity index (χ3v) is 3.73. The summed E-state index contributed by atoms with van der Waals surface area (Å²) in [6.45, 7) is 7.31. The smallest absolute Gasteiger partial charge is 0.224 e. The summed E-state index contributed by atoms with van der Waals surface area (Å²) in [5, 5.41) is 3.98. The van der Waals surface area contributed by atoms with Crippen molar-refractivity contribution in [2.45, 2.75) is 20.3 Å². The van der Waals surface area contributed by atoms with Gasteiger partial charge in [-0.1, -0.05) is 17.7 Å². The van der Waals surface area contributed by atoms with Crippen molar-refractivity contribution >= 4 is 23.2 Å². The van der Waals surface area contributed by atoms with Crippen LogP contribution in [0.1, 0.15) is 17.5 Å². The van der Waals surface area contributed by atoms with Gasteiger partial charge in [-0.25, -0.2) is 0 Å². The Morgan fingerprint density at radius 1 is 1.35 bits per heavy atom. The summed E-state index contributed by atoms with van der Waals surface area (Å²) < 4.78 is 5.24. The van der Waals surface area contributed by atoms with E-state index in [1.54, 1.807) is 0 Å². The van der Waals surface area contributed by atoms with Crippen molar-refractivity contribution in [3.8, 4) is 0 Å². The van der Waals surface area contributed by atoms with Crippen LogP contribution in [-0.2, 0) is 9.53 Å². The number of amides is 1. The summed E-state index contributed by atoms with van der Waals surface area (Å²) in [5.74, 6) is 0.168. The molecule has 0 spiro atoms. The van der Waals surface area contributed by atoms with Crippen molar-refractivity contribution in [1.29, 1.82) is 0 Å². The van der Waals surface area contributed by atoms with Crippen LogP contribution in [0, 0.1) is 13.8 Å². The van der Waals surface area contributed by atoms with Crippen LogP contribution in [0.15, 0.2) is 12.1 Å². The van der Waals surface area contributed by atoms with Crippen LogP contribution in [0.5, 0.6) is 0 Å². The van der Waals surface area contributed by atoms with Crippen molar-refractivity contribution in [3.63, 3.8) is 0 Å². The van der Waals surface area contributed by atoms with E-state index in [9.17, 15) is 4.79 Å². The SMILES string of the molecule is Cc1cc(C)c(NCCC(=O)N2CCOCC2)c(Cl)c1. The Labute approximate surface area is 125 Å². The molecule has 0 aliphatic carbocycles. The highest BCUT2D eigenvalue weighted by atomic mass is 35.5. The van der Waals surface area contributed by atoms with E-state index in [0.29, 0.717) is 44.3 Å². The lowest BCUT2D eigenvalue weighted by molar-refractivity contribution is -0.134. The lowest BCUT2D eigenvalue weighted by Gasteiger charge is -2.27. The van der Waals surface area contributed by atoms with Crippen molar-refractivity contribution in [2.75, 3.05) is 38.2 Å². The first-order valence-corrected chi connectivity index (χ1v) is 7.32. The Kier molecular flexibility index (Phi) is 5.26. The van der Waals surface area contributed by atoms with Gasteiger partial charge in [-0.15, -0.1) is 0 Å². The number of carbonyl (C=O) groups excluding carboxylic acids is 1. The summed E-state index contributed by atoms with van der Waals surface area (Å²) >= 11 is 6.22. The lowest BCUT2D eigenvalue weighted by Crippen LogP contribution is -2.41. The summed E-state index contributed by atoms with van der Waals surface area (Å²) in [5.41, 5.74) is 3.17. The maximum Gasteiger partial charge on any atom is 0.224 e. The number of nitrogens with one attached hydrogen (secondary N) is 1. The minimum Gasteiger partial charge on any atom is -0.383 e. The minimum absolute atomic E-state index is 0.168. The molecular formula is C15H21ClN2O2. The molecule has 1 fully saturated rings. The highest BCUT2D eigenvalue weighted by Gasteiger charge is 2.16. The van der Waals surface area contributed by atoms with Crippen LogP contribution >= 0.6 is 11.6 Å². The van der Waals surface area contributed by atoms with Gasteiger partial charge in [0.15, 0.2) is 0 Å². The van der Waals surface area contributed by atoms with Gasteiger partial charge in [-0.05, 0) is 31.0 Å². The first-order valence-electron chi connectivity index (χ1n) is 6.94. The number of ether oxygens (including phenoxy) is 1. The Bertz CT molecular complexity index is 462. The quantitative estimate of drug-likeness (QED) is 0.928. The molecule has 1 amide bonds. The molecule has 0 saturated carbocycles. The zero-order valence-corrected chi connectivity index (χ0v) is 12.8. The van der Waals surface area contributed by atoms with Gasteiger partial charge in [0.25, 0.3) is 0 Å². The van der Waals surface area contributed by atoms with Gasteiger partial charge in [0.2, 0.25) is 5.91 Å². The summed E-state index contributed by atoms with van der Waals surface area (Å²) in [4.78, 5) is 13.9. The van der Waals surface area contributed by atoms with Crippen LogP contribution in [-0.4, -0.2) is 43.7 Å². The second-order valence-corrected chi connectivity index (χ2v) is 5.52. The molecular weight excluding hydrogens is 276 g/mol. The van der Waals surface area contributed by atoms with E-state index in [1.807, 2.05) is 24.8 Å². The number of hydrogen-bond donors (Lipinski definition) is 1. The molecule has 1 aromatic carbocycles. The largest absolute Gasteiger partial charge is 0.383 e. The molecule has 1 saturated heterocycles. The molecule has 0 radical (unpaired) electrons. The Balaban J connectivity index is 1.85. The monoisotopic (exact) mass is 296 g/mol. The van der Waals surface area contributed by atoms with Crippen LogP contribution in [0.3, 0.4) is 0 Å². The fourth-order valence-corrected chi connectivity index (χ4v) is 2.79. The zero-order valence-electron chi connectivity index (χ0n) is 12.0. The highest BCUT2D eigenvalue weighted by Crippen LogP contribution is 2.27. The topological polar surface area (TPSA) is 41.6 Å². The minimum atomic E-state index is 0.168. The van der Waals surface area contributed by atoms with E-state index in [-0.39, 0.29) is 5.91 Å². The van der Waals surface area contributed by atoms with Crippen molar-refractivity contribution in [2.24, 2.45) is 0 Å². The maximum absolute atomic E-state index is 12.0. The molecule has 1 aliphatic heterocycles. The van der Waals surface area contributed by atoms with Crippen molar-refractivity contribution in [3.05, 3.63) is 28.3 Å². The first-order chi connectivity index (χ1) is 9.58. The molecule has 1 aromatic rings. The van der Waals surface area contributed by atoms with E-state index in [0.717, 1.165) is 16.8 Å². The van der Waals surface area contributed by atoms with Gasteiger partial charge in [0.05, 0.1) is 23.9 Å². The molecule has 1 heterocycles. The highest BCUT2D eigenvalue weighted by molar-refractivity contribution is 6.33. The fraction of sp³-hybridized carbons (Fsp3) is 0.533. The summed E-state index contributed by atoms with van der Waals surface area (Å²) in [6.07, 6.45) is 0.476. The molecule has 1 N–H and O–H groups in total. The number of carbonyl (C=O) groups is 1. The Hall–Kier alpha value is -1.26. The fourth-order valence-electron chi connectivity index (χ4n) is 2.40. The van der Waals surface area contributed by atoms with Gasteiger partial charge in [0, 0.05) is 26.1 Å². The molecule has 0 bridgehead atoms. The van der Waals surface area contributed by atoms with Crippen molar-refractivity contribution in [1.82, 2.24) is 4.90 Å². The third kappa shape index (κ3) is 3.87.